The van der Waals surface area contributed by atoms with E-state index in [9.17, 15) is 4.79 Å². The number of benzene rings is 1. The van der Waals surface area contributed by atoms with Gasteiger partial charge in [0, 0.05) is 16.0 Å². The van der Waals surface area contributed by atoms with Crippen LogP contribution in [0.2, 0.25) is 0 Å². The van der Waals surface area contributed by atoms with Crippen molar-refractivity contribution < 1.29 is 19.0 Å². The van der Waals surface area contributed by atoms with Gasteiger partial charge in [-0.3, -0.25) is 4.79 Å². The van der Waals surface area contributed by atoms with Gasteiger partial charge in [-0.15, -0.1) is 11.3 Å². The van der Waals surface area contributed by atoms with Gasteiger partial charge in [0.2, 0.25) is 5.75 Å². The summed E-state index contributed by atoms with van der Waals surface area (Å²) in [6.45, 7) is 0. The molecule has 5 heteroatoms. The van der Waals surface area contributed by atoms with Crippen LogP contribution in [0.15, 0.2) is 40.8 Å². The molecule has 1 saturated carbocycles. The van der Waals surface area contributed by atoms with Crippen molar-refractivity contribution >= 4 is 29.3 Å². The zero-order chi connectivity index (χ0) is 18.5. The first-order valence-corrected chi connectivity index (χ1v) is 9.33. The molecule has 0 amide bonds. The Balaban J connectivity index is 1.95. The predicted octanol–water partition coefficient (Wildman–Crippen LogP) is 4.99. The highest BCUT2D eigenvalue weighted by Crippen LogP contribution is 2.39. The highest BCUT2D eigenvalue weighted by Gasteiger charge is 2.21. The Bertz CT molecular complexity index is 822. The van der Waals surface area contributed by atoms with Gasteiger partial charge >= 0.3 is 0 Å². The van der Waals surface area contributed by atoms with Crippen LogP contribution in [0, 0.1) is 0 Å². The monoisotopic (exact) mass is 370 g/mol. The van der Waals surface area contributed by atoms with Gasteiger partial charge in [0.25, 0.3) is 0 Å². The maximum atomic E-state index is 12.9. The van der Waals surface area contributed by atoms with E-state index in [4.69, 9.17) is 14.2 Å². The topological polar surface area (TPSA) is 44.8 Å². The summed E-state index contributed by atoms with van der Waals surface area (Å²) in [5.41, 5.74) is 2.55. The number of carbonyl (C=O) groups is 1. The van der Waals surface area contributed by atoms with Crippen LogP contribution in [0.3, 0.4) is 0 Å². The van der Waals surface area contributed by atoms with Gasteiger partial charge in [-0.05, 0) is 60.6 Å². The van der Waals surface area contributed by atoms with Crippen molar-refractivity contribution in [2.45, 2.75) is 19.3 Å². The van der Waals surface area contributed by atoms with E-state index in [2.05, 4.69) is 0 Å². The van der Waals surface area contributed by atoms with E-state index >= 15 is 0 Å². The van der Waals surface area contributed by atoms with Gasteiger partial charge < -0.3 is 14.2 Å². The molecule has 3 rings (SSSR count). The number of methoxy groups -OCH3 is 3. The zero-order valence-corrected chi connectivity index (χ0v) is 16.0. The predicted molar refractivity (Wildman–Crippen MR) is 105 cm³/mol. The number of allylic oxidation sites excluding steroid dienone is 2. The second-order valence-electron chi connectivity index (χ2n) is 6.00. The van der Waals surface area contributed by atoms with Crippen LogP contribution in [0.1, 0.15) is 29.7 Å². The van der Waals surface area contributed by atoms with E-state index in [1.807, 2.05) is 41.8 Å². The van der Waals surface area contributed by atoms with E-state index in [0.29, 0.717) is 17.2 Å². The Hall–Kier alpha value is -2.53. The van der Waals surface area contributed by atoms with E-state index in [0.717, 1.165) is 40.8 Å². The van der Waals surface area contributed by atoms with Gasteiger partial charge in [-0.2, -0.15) is 0 Å². The van der Waals surface area contributed by atoms with Crippen molar-refractivity contribution in [1.82, 2.24) is 0 Å². The largest absolute Gasteiger partial charge is 0.493 e. The van der Waals surface area contributed by atoms with Gasteiger partial charge in [-0.25, -0.2) is 0 Å². The summed E-state index contributed by atoms with van der Waals surface area (Å²) in [5.74, 6) is 1.83. The summed E-state index contributed by atoms with van der Waals surface area (Å²) in [6, 6.07) is 7.75. The molecule has 0 bridgehead atoms. The second-order valence-corrected chi connectivity index (χ2v) is 6.98. The number of hydrogen-bond acceptors (Lipinski definition) is 5. The Morgan fingerprint density at radius 2 is 1.62 bits per heavy atom. The minimum absolute atomic E-state index is 0.124. The minimum atomic E-state index is 0.124. The summed E-state index contributed by atoms with van der Waals surface area (Å²) in [5, 5.41) is 2.02. The van der Waals surface area contributed by atoms with Crippen LogP contribution in [-0.4, -0.2) is 27.1 Å². The molecule has 26 heavy (non-hydrogen) atoms. The van der Waals surface area contributed by atoms with Crippen molar-refractivity contribution in [2.75, 3.05) is 21.3 Å². The fourth-order valence-electron chi connectivity index (χ4n) is 3.11. The average molecular weight is 370 g/mol. The molecule has 1 fully saturated rings. The standard InChI is InChI=1S/C21H22O4S/c1-23-18-11-14(12-19(24-2)21(18)25-3)10-15-6-4-7-16(20(15)22)13-17-8-5-9-26-17/h5,8-13H,4,6-7H2,1-3H3. The molecule has 0 saturated heterocycles. The second kappa shape index (κ2) is 8.23. The number of Topliss-reactive ketones (excluding diaryl/α,β-unsaturated/α-hetero) is 1. The lowest BCUT2D eigenvalue weighted by molar-refractivity contribution is -0.112. The Morgan fingerprint density at radius 3 is 2.15 bits per heavy atom. The number of rotatable bonds is 5. The third-order valence-corrected chi connectivity index (χ3v) is 5.18. The highest BCUT2D eigenvalue weighted by molar-refractivity contribution is 7.10. The first-order valence-electron chi connectivity index (χ1n) is 8.45. The Labute approximate surface area is 157 Å². The smallest absolute Gasteiger partial charge is 0.203 e. The molecule has 0 radical (unpaired) electrons. The van der Waals surface area contributed by atoms with Crippen LogP contribution in [0.5, 0.6) is 17.2 Å². The van der Waals surface area contributed by atoms with Crippen LogP contribution in [-0.2, 0) is 4.79 Å². The van der Waals surface area contributed by atoms with Gasteiger partial charge in [0.1, 0.15) is 0 Å². The third-order valence-electron chi connectivity index (χ3n) is 4.36. The maximum absolute atomic E-state index is 12.9. The fraction of sp³-hybridized carbons (Fsp3) is 0.286. The van der Waals surface area contributed by atoms with Crippen molar-refractivity contribution in [2.24, 2.45) is 0 Å². The van der Waals surface area contributed by atoms with E-state index in [1.165, 1.54) is 0 Å². The molecule has 0 aliphatic heterocycles. The number of carbonyl (C=O) groups excluding carboxylic acids is 1. The summed E-state index contributed by atoms with van der Waals surface area (Å²) < 4.78 is 16.1. The molecule has 136 valence electrons. The Kier molecular flexibility index (Phi) is 5.78. The molecular weight excluding hydrogens is 348 g/mol. The molecule has 1 aliphatic rings. The van der Waals surface area contributed by atoms with Crippen LogP contribution < -0.4 is 14.2 Å². The molecule has 0 spiro atoms. The number of thiophene rings is 1. The molecule has 0 atom stereocenters. The highest BCUT2D eigenvalue weighted by atomic mass is 32.1. The van der Waals surface area contributed by atoms with Crippen molar-refractivity contribution in [3.05, 3.63) is 51.2 Å². The molecule has 1 heterocycles. The summed E-state index contributed by atoms with van der Waals surface area (Å²) in [4.78, 5) is 14.0. The van der Waals surface area contributed by atoms with E-state index < -0.39 is 0 Å². The molecule has 4 nitrogen and oxygen atoms in total. The van der Waals surface area contributed by atoms with Crippen LogP contribution in [0.4, 0.5) is 0 Å². The normalized spacial score (nSPS) is 17.6. The number of ether oxygens (including phenoxy) is 3. The summed E-state index contributed by atoms with van der Waals surface area (Å²) in [7, 11) is 4.74. The first-order chi connectivity index (χ1) is 12.7. The molecule has 1 aliphatic carbocycles. The molecule has 2 aromatic rings. The molecule has 1 aromatic heterocycles. The van der Waals surface area contributed by atoms with Crippen LogP contribution in [0.25, 0.3) is 12.2 Å². The van der Waals surface area contributed by atoms with Gasteiger partial charge in [0.05, 0.1) is 21.3 Å². The summed E-state index contributed by atoms with van der Waals surface area (Å²) in [6.07, 6.45) is 6.50. The maximum Gasteiger partial charge on any atom is 0.203 e. The van der Waals surface area contributed by atoms with Crippen molar-refractivity contribution in [1.29, 1.82) is 0 Å². The lowest BCUT2D eigenvalue weighted by Gasteiger charge is -2.17. The number of hydrogen-bond donors (Lipinski definition) is 0. The van der Waals surface area contributed by atoms with E-state index in [-0.39, 0.29) is 5.78 Å². The summed E-state index contributed by atoms with van der Waals surface area (Å²) >= 11 is 1.64. The first kappa shape index (κ1) is 18.3. The lowest BCUT2D eigenvalue weighted by Crippen LogP contribution is -2.12. The van der Waals surface area contributed by atoms with E-state index in [1.54, 1.807) is 32.7 Å². The molecule has 0 N–H and O–H groups in total. The van der Waals surface area contributed by atoms with Crippen molar-refractivity contribution in [3.8, 4) is 17.2 Å². The van der Waals surface area contributed by atoms with Gasteiger partial charge in [-0.1, -0.05) is 6.07 Å². The molecule has 0 unspecified atom stereocenters. The fourth-order valence-corrected chi connectivity index (χ4v) is 3.79. The lowest BCUT2D eigenvalue weighted by atomic mass is 9.87. The average Bonchev–Trinajstić information content (AvgIpc) is 3.17. The number of ketones is 1. The quantitative estimate of drug-likeness (QED) is 0.695. The van der Waals surface area contributed by atoms with Crippen molar-refractivity contribution in [3.63, 3.8) is 0 Å². The molecule has 1 aromatic carbocycles. The third kappa shape index (κ3) is 3.83. The van der Waals surface area contributed by atoms with Crippen LogP contribution >= 0.6 is 11.3 Å². The SMILES string of the molecule is COc1cc(C=C2CCCC(=Cc3cccs3)C2=O)cc(OC)c1OC. The molecular formula is C21H22O4S. The zero-order valence-electron chi connectivity index (χ0n) is 15.2. The van der Waals surface area contributed by atoms with Gasteiger partial charge in [0.15, 0.2) is 17.3 Å². The minimum Gasteiger partial charge on any atom is -0.493 e. The Morgan fingerprint density at radius 1 is 0.962 bits per heavy atom.